The lowest BCUT2D eigenvalue weighted by Gasteiger charge is -2.31. The molecule has 3 aromatic carbocycles. The van der Waals surface area contributed by atoms with Crippen LogP contribution in [0.1, 0.15) is 50.5 Å². The molecule has 10 nitrogen and oxygen atoms in total. The zero-order valence-electron chi connectivity index (χ0n) is 22.8. The first-order valence-electron chi connectivity index (χ1n) is 12.7. The Balaban J connectivity index is 1.42. The van der Waals surface area contributed by atoms with Crippen molar-refractivity contribution in [3.63, 3.8) is 0 Å². The number of carbonyl (C=O) groups excluding carboxylic acids is 3. The Bertz CT molecular complexity index is 1600. The summed E-state index contributed by atoms with van der Waals surface area (Å²) in [6.45, 7) is 3.60. The molecule has 0 saturated carbocycles. The summed E-state index contributed by atoms with van der Waals surface area (Å²) in [6.07, 6.45) is 0. The molecule has 206 valence electrons. The van der Waals surface area contributed by atoms with Crippen LogP contribution in [0.15, 0.2) is 60.7 Å². The highest BCUT2D eigenvalue weighted by Crippen LogP contribution is 2.43. The van der Waals surface area contributed by atoms with Crippen molar-refractivity contribution in [1.82, 2.24) is 20.7 Å². The van der Waals surface area contributed by atoms with Crippen LogP contribution in [-0.4, -0.2) is 55.0 Å². The molecule has 2 atom stereocenters. The average molecular weight is 543 g/mol. The number of hydrogen-bond donors (Lipinski definition) is 3. The number of H-pyrrole nitrogens is 1. The van der Waals surface area contributed by atoms with E-state index in [0.29, 0.717) is 22.8 Å². The maximum Gasteiger partial charge on any atom is 0.269 e. The maximum atomic E-state index is 13.7. The van der Waals surface area contributed by atoms with E-state index >= 15 is 0 Å². The predicted molar refractivity (Wildman–Crippen MR) is 149 cm³/mol. The van der Waals surface area contributed by atoms with Crippen LogP contribution >= 0.6 is 0 Å². The summed E-state index contributed by atoms with van der Waals surface area (Å²) in [4.78, 5) is 45.0. The molecule has 0 fully saturated rings. The van der Waals surface area contributed by atoms with E-state index in [1.807, 2.05) is 49.4 Å². The molecule has 3 N–H and O–H groups in total. The van der Waals surface area contributed by atoms with Gasteiger partial charge in [-0.05, 0) is 43.7 Å². The Morgan fingerprint density at radius 2 is 1.57 bits per heavy atom. The van der Waals surface area contributed by atoms with Crippen molar-refractivity contribution in [1.29, 1.82) is 0 Å². The minimum Gasteiger partial charge on any atom is -0.493 e. The van der Waals surface area contributed by atoms with Crippen LogP contribution in [0.5, 0.6) is 17.2 Å². The van der Waals surface area contributed by atoms with E-state index in [1.165, 1.54) is 33.5 Å². The van der Waals surface area contributed by atoms with Gasteiger partial charge in [-0.15, -0.1) is 0 Å². The Morgan fingerprint density at radius 3 is 2.25 bits per heavy atom. The molecule has 1 aliphatic heterocycles. The zero-order valence-corrected chi connectivity index (χ0v) is 22.8. The third-order valence-corrected chi connectivity index (χ3v) is 7.24. The second-order valence-electron chi connectivity index (χ2n) is 9.44. The Hall–Kier alpha value is -4.99. The lowest BCUT2D eigenvalue weighted by atomic mass is 9.95. The van der Waals surface area contributed by atoms with Crippen LogP contribution in [0.2, 0.25) is 0 Å². The standard InChI is InChI=1S/C30H30N4O6/c1-16-25(21-12-8-9-13-22(21)31-16)26-19-10-6-7-11-20(19)30(37)34(26)17(2)28(35)32-33-29(36)18-14-23(38-3)27(40-5)24(15-18)39-4/h6-15,17,26,31H,1-5H3,(H,32,35)(H,33,36). The summed E-state index contributed by atoms with van der Waals surface area (Å²) < 4.78 is 15.9. The highest BCUT2D eigenvalue weighted by atomic mass is 16.5. The Morgan fingerprint density at radius 1 is 0.925 bits per heavy atom. The predicted octanol–water partition coefficient (Wildman–Crippen LogP) is 3.90. The molecular formula is C30H30N4O6. The smallest absolute Gasteiger partial charge is 0.269 e. The number of para-hydroxylation sites is 1. The molecule has 0 aliphatic carbocycles. The lowest BCUT2D eigenvalue weighted by Crippen LogP contribution is -2.52. The van der Waals surface area contributed by atoms with Crippen molar-refractivity contribution in [3.05, 3.63) is 88.6 Å². The average Bonchev–Trinajstić information content (AvgIpc) is 3.46. The summed E-state index contributed by atoms with van der Waals surface area (Å²) in [6, 6.07) is 16.8. The largest absolute Gasteiger partial charge is 0.493 e. The van der Waals surface area contributed by atoms with Gasteiger partial charge < -0.3 is 24.1 Å². The summed E-state index contributed by atoms with van der Waals surface area (Å²) in [5.41, 5.74) is 9.23. The number of methoxy groups -OCH3 is 3. The van der Waals surface area contributed by atoms with Gasteiger partial charge in [0.1, 0.15) is 6.04 Å². The molecule has 40 heavy (non-hydrogen) atoms. The summed E-state index contributed by atoms with van der Waals surface area (Å²) in [5, 5.41) is 0.975. The summed E-state index contributed by atoms with van der Waals surface area (Å²) in [7, 11) is 4.35. The molecule has 1 aliphatic rings. The third kappa shape index (κ3) is 4.37. The van der Waals surface area contributed by atoms with Gasteiger partial charge in [0.05, 0.1) is 27.4 Å². The molecule has 5 rings (SSSR count). The number of carbonyl (C=O) groups is 3. The number of nitrogens with one attached hydrogen (secondary N) is 3. The van der Waals surface area contributed by atoms with E-state index in [2.05, 4.69) is 15.8 Å². The van der Waals surface area contributed by atoms with Gasteiger partial charge in [0.15, 0.2) is 11.5 Å². The van der Waals surface area contributed by atoms with Crippen molar-refractivity contribution in [2.24, 2.45) is 0 Å². The van der Waals surface area contributed by atoms with Gasteiger partial charge in [-0.25, -0.2) is 0 Å². The van der Waals surface area contributed by atoms with Crippen molar-refractivity contribution in [2.75, 3.05) is 21.3 Å². The van der Waals surface area contributed by atoms with E-state index in [-0.39, 0.29) is 11.5 Å². The van der Waals surface area contributed by atoms with Crippen LogP contribution in [0.4, 0.5) is 0 Å². The fourth-order valence-corrected chi connectivity index (χ4v) is 5.31. The lowest BCUT2D eigenvalue weighted by molar-refractivity contribution is -0.126. The molecule has 4 aromatic rings. The first-order valence-corrected chi connectivity index (χ1v) is 12.7. The number of hydrogen-bond acceptors (Lipinski definition) is 6. The first kappa shape index (κ1) is 26.6. The van der Waals surface area contributed by atoms with Gasteiger partial charge in [0.25, 0.3) is 17.7 Å². The number of aryl methyl sites for hydroxylation is 1. The van der Waals surface area contributed by atoms with Crippen LogP contribution < -0.4 is 25.1 Å². The highest BCUT2D eigenvalue weighted by Gasteiger charge is 2.43. The summed E-state index contributed by atoms with van der Waals surface area (Å²) in [5.74, 6) is -0.480. The van der Waals surface area contributed by atoms with Crippen LogP contribution in [0.25, 0.3) is 10.9 Å². The first-order chi connectivity index (χ1) is 19.3. The molecule has 1 aromatic heterocycles. The fraction of sp³-hybridized carbons (Fsp3) is 0.233. The van der Waals surface area contributed by atoms with Gasteiger partial charge in [-0.1, -0.05) is 36.4 Å². The van der Waals surface area contributed by atoms with Crippen molar-refractivity contribution < 1.29 is 28.6 Å². The quantitative estimate of drug-likeness (QED) is 0.305. The van der Waals surface area contributed by atoms with E-state index < -0.39 is 23.9 Å². The molecule has 0 bridgehead atoms. The number of rotatable bonds is 7. The molecule has 10 heteroatoms. The van der Waals surface area contributed by atoms with Crippen molar-refractivity contribution >= 4 is 28.6 Å². The van der Waals surface area contributed by atoms with E-state index in [4.69, 9.17) is 14.2 Å². The highest BCUT2D eigenvalue weighted by molar-refractivity contribution is 6.04. The second kappa shape index (κ2) is 10.6. The maximum absolute atomic E-state index is 13.7. The number of benzene rings is 3. The minimum absolute atomic E-state index is 0.180. The number of nitrogens with zero attached hydrogens (tertiary/aromatic N) is 1. The SMILES string of the molecule is COc1cc(C(=O)NNC(=O)C(C)N2C(=O)c3ccccc3C2c2c(C)[nH]c3ccccc23)cc(OC)c1OC. The fourth-order valence-electron chi connectivity index (χ4n) is 5.31. The van der Waals surface area contributed by atoms with Crippen LogP contribution in [0.3, 0.4) is 0 Å². The topological polar surface area (TPSA) is 122 Å². The minimum atomic E-state index is -0.918. The van der Waals surface area contributed by atoms with E-state index in [9.17, 15) is 14.4 Å². The van der Waals surface area contributed by atoms with E-state index in [1.54, 1.807) is 17.9 Å². The van der Waals surface area contributed by atoms with Gasteiger partial charge in [-0.3, -0.25) is 25.2 Å². The van der Waals surface area contributed by atoms with Crippen LogP contribution in [0, 0.1) is 6.92 Å². The van der Waals surface area contributed by atoms with Gasteiger partial charge in [0, 0.05) is 33.3 Å². The molecule has 2 heterocycles. The molecule has 0 spiro atoms. The second-order valence-corrected chi connectivity index (χ2v) is 9.44. The number of fused-ring (bicyclic) bond motifs is 2. The molecule has 3 amide bonds. The Kier molecular flexibility index (Phi) is 7.08. The molecule has 2 unspecified atom stereocenters. The molecule has 0 saturated heterocycles. The van der Waals surface area contributed by atoms with Gasteiger partial charge >= 0.3 is 0 Å². The Labute approximate surface area is 231 Å². The number of ether oxygens (including phenoxy) is 3. The normalized spacial score (nSPS) is 15.0. The van der Waals surface area contributed by atoms with Gasteiger partial charge in [-0.2, -0.15) is 0 Å². The zero-order chi connectivity index (χ0) is 28.6. The van der Waals surface area contributed by atoms with Gasteiger partial charge in [0.2, 0.25) is 5.75 Å². The number of aromatic nitrogens is 1. The van der Waals surface area contributed by atoms with Crippen molar-refractivity contribution in [2.45, 2.75) is 25.9 Å². The monoisotopic (exact) mass is 542 g/mol. The third-order valence-electron chi connectivity index (χ3n) is 7.24. The number of amides is 3. The summed E-state index contributed by atoms with van der Waals surface area (Å²) >= 11 is 0. The molecular weight excluding hydrogens is 512 g/mol. The van der Waals surface area contributed by atoms with Crippen molar-refractivity contribution in [3.8, 4) is 17.2 Å². The van der Waals surface area contributed by atoms with E-state index in [0.717, 1.165) is 27.7 Å². The molecule has 0 radical (unpaired) electrons. The van der Waals surface area contributed by atoms with Crippen LogP contribution in [-0.2, 0) is 4.79 Å². The number of aromatic amines is 1. The number of hydrazine groups is 1.